The Morgan fingerprint density at radius 2 is 1.75 bits per heavy atom. The van der Waals surface area contributed by atoms with Crippen molar-refractivity contribution >= 4 is 5.69 Å². The summed E-state index contributed by atoms with van der Waals surface area (Å²) < 4.78 is 0. The van der Waals surface area contributed by atoms with Gasteiger partial charge in [0.25, 0.3) is 0 Å². The minimum Gasteiger partial charge on any atom is -0.379 e. The smallest absolute Gasteiger partial charge is 0.0488 e. The molecule has 104 valence electrons. The molecule has 0 radical (unpaired) electrons. The Hall–Kier alpha value is -1.76. The summed E-state index contributed by atoms with van der Waals surface area (Å²) in [5.74, 6) is 0. The van der Waals surface area contributed by atoms with Gasteiger partial charge in [0, 0.05) is 11.7 Å². The maximum Gasteiger partial charge on any atom is 0.0488 e. The van der Waals surface area contributed by atoms with Gasteiger partial charge in [0.2, 0.25) is 0 Å². The zero-order valence-corrected chi connectivity index (χ0v) is 12.7. The van der Waals surface area contributed by atoms with Gasteiger partial charge in [-0.15, -0.1) is 0 Å². The summed E-state index contributed by atoms with van der Waals surface area (Å²) in [5.41, 5.74) is 8.40. The van der Waals surface area contributed by atoms with Gasteiger partial charge in [-0.3, -0.25) is 0 Å². The summed E-state index contributed by atoms with van der Waals surface area (Å²) in [7, 11) is 0. The predicted octanol–water partition coefficient (Wildman–Crippen LogP) is 4.97. The van der Waals surface area contributed by atoms with Crippen molar-refractivity contribution in [3.8, 4) is 0 Å². The van der Waals surface area contributed by atoms with Gasteiger partial charge in [-0.2, -0.15) is 0 Å². The van der Waals surface area contributed by atoms with Crippen LogP contribution in [0.5, 0.6) is 0 Å². The van der Waals surface area contributed by atoms with E-state index < -0.39 is 0 Å². The highest BCUT2D eigenvalue weighted by Gasteiger charge is 2.13. The molecular formula is C19H23N. The molecule has 2 aromatic carbocycles. The molecule has 0 saturated carbocycles. The van der Waals surface area contributed by atoms with Crippen molar-refractivity contribution in [3.05, 3.63) is 64.2 Å². The quantitative estimate of drug-likeness (QED) is 0.826. The number of hydrogen-bond acceptors (Lipinski definition) is 1. The molecule has 0 aliphatic heterocycles. The zero-order chi connectivity index (χ0) is 14.1. The highest BCUT2D eigenvalue weighted by molar-refractivity contribution is 5.52. The molecule has 3 rings (SSSR count). The average molecular weight is 265 g/mol. The van der Waals surface area contributed by atoms with E-state index in [9.17, 15) is 0 Å². The van der Waals surface area contributed by atoms with Crippen LogP contribution in [0, 0.1) is 13.8 Å². The van der Waals surface area contributed by atoms with Crippen LogP contribution in [0.4, 0.5) is 5.69 Å². The van der Waals surface area contributed by atoms with Crippen LogP contribution in [0.15, 0.2) is 36.4 Å². The molecule has 0 amide bonds. The Morgan fingerprint density at radius 3 is 2.55 bits per heavy atom. The van der Waals surface area contributed by atoms with Crippen LogP contribution in [0.25, 0.3) is 0 Å². The molecule has 2 aromatic rings. The number of nitrogens with one attached hydrogen (secondary N) is 1. The third-order valence-electron chi connectivity index (χ3n) is 4.37. The van der Waals surface area contributed by atoms with Gasteiger partial charge in [0.05, 0.1) is 0 Å². The van der Waals surface area contributed by atoms with Crippen LogP contribution in [0.3, 0.4) is 0 Å². The van der Waals surface area contributed by atoms with Crippen molar-refractivity contribution in [3.63, 3.8) is 0 Å². The normalized spacial score (nSPS) is 14.9. The van der Waals surface area contributed by atoms with E-state index in [-0.39, 0.29) is 0 Å². The van der Waals surface area contributed by atoms with Crippen molar-refractivity contribution in [2.75, 3.05) is 5.32 Å². The van der Waals surface area contributed by atoms with E-state index in [1.54, 1.807) is 0 Å². The number of hydrogen-bond donors (Lipinski definition) is 1. The fourth-order valence-electron chi connectivity index (χ4n) is 3.30. The summed E-state index contributed by atoms with van der Waals surface area (Å²) in [4.78, 5) is 0. The molecule has 1 aliphatic carbocycles. The maximum atomic E-state index is 3.65. The number of rotatable bonds is 3. The summed E-state index contributed by atoms with van der Waals surface area (Å²) >= 11 is 0. The van der Waals surface area contributed by atoms with E-state index in [0.717, 1.165) is 0 Å². The number of aryl methyl sites for hydroxylation is 4. The first-order valence-electron chi connectivity index (χ1n) is 7.59. The summed E-state index contributed by atoms with van der Waals surface area (Å²) in [6.45, 7) is 6.59. The van der Waals surface area contributed by atoms with Gasteiger partial charge in [-0.05, 0) is 74.4 Å². The molecule has 1 nitrogen and oxygen atoms in total. The first-order chi connectivity index (χ1) is 9.63. The highest BCUT2D eigenvalue weighted by atomic mass is 14.9. The standard InChI is InChI=1S/C19H23N/c1-13-7-10-19(14(2)11-13)15(3)20-18-9-8-16-5-4-6-17(16)12-18/h7-12,15,20H,4-6H2,1-3H3. The minimum atomic E-state index is 0.343. The van der Waals surface area contributed by atoms with Crippen molar-refractivity contribution in [1.29, 1.82) is 0 Å². The Labute approximate surface area is 122 Å². The van der Waals surface area contributed by atoms with E-state index in [1.807, 2.05) is 0 Å². The zero-order valence-electron chi connectivity index (χ0n) is 12.7. The molecular weight excluding hydrogens is 242 g/mol. The van der Waals surface area contributed by atoms with Gasteiger partial charge in [0.15, 0.2) is 0 Å². The minimum absolute atomic E-state index is 0.343. The van der Waals surface area contributed by atoms with Crippen LogP contribution in [-0.2, 0) is 12.8 Å². The van der Waals surface area contributed by atoms with Gasteiger partial charge in [-0.25, -0.2) is 0 Å². The van der Waals surface area contributed by atoms with Crippen molar-refractivity contribution in [1.82, 2.24) is 0 Å². The van der Waals surface area contributed by atoms with Crippen LogP contribution >= 0.6 is 0 Å². The maximum absolute atomic E-state index is 3.65. The predicted molar refractivity (Wildman–Crippen MR) is 86.4 cm³/mol. The van der Waals surface area contributed by atoms with E-state index in [0.29, 0.717) is 6.04 Å². The van der Waals surface area contributed by atoms with E-state index in [4.69, 9.17) is 0 Å². The second kappa shape index (κ2) is 5.32. The fraction of sp³-hybridized carbons (Fsp3) is 0.368. The monoisotopic (exact) mass is 265 g/mol. The SMILES string of the molecule is Cc1ccc(C(C)Nc2ccc3c(c2)CCC3)c(C)c1. The molecule has 0 spiro atoms. The lowest BCUT2D eigenvalue weighted by molar-refractivity contribution is 0.872. The lowest BCUT2D eigenvalue weighted by Crippen LogP contribution is -2.08. The third-order valence-corrected chi connectivity index (χ3v) is 4.37. The highest BCUT2D eigenvalue weighted by Crippen LogP contribution is 2.28. The average Bonchev–Trinajstić information content (AvgIpc) is 2.85. The molecule has 1 unspecified atom stereocenters. The van der Waals surface area contributed by atoms with Gasteiger partial charge in [-0.1, -0.05) is 29.8 Å². The Morgan fingerprint density at radius 1 is 0.950 bits per heavy atom. The molecule has 0 bridgehead atoms. The molecule has 0 saturated heterocycles. The Kier molecular flexibility index (Phi) is 3.52. The van der Waals surface area contributed by atoms with Crippen molar-refractivity contribution < 1.29 is 0 Å². The van der Waals surface area contributed by atoms with E-state index in [1.165, 1.54) is 52.8 Å². The molecule has 0 fully saturated rings. The first kappa shape index (κ1) is 13.2. The molecule has 0 aromatic heterocycles. The summed E-state index contributed by atoms with van der Waals surface area (Å²) in [6.07, 6.45) is 3.80. The molecule has 0 heterocycles. The van der Waals surface area contributed by atoms with Crippen LogP contribution < -0.4 is 5.32 Å². The lowest BCUT2D eigenvalue weighted by atomic mass is 10.00. The van der Waals surface area contributed by atoms with Crippen LogP contribution in [0.2, 0.25) is 0 Å². The van der Waals surface area contributed by atoms with E-state index in [2.05, 4.69) is 62.5 Å². The summed E-state index contributed by atoms with van der Waals surface area (Å²) in [6, 6.07) is 13.9. The van der Waals surface area contributed by atoms with Crippen molar-refractivity contribution in [2.45, 2.75) is 46.1 Å². The third kappa shape index (κ3) is 2.58. The number of anilines is 1. The molecule has 1 aliphatic rings. The largest absolute Gasteiger partial charge is 0.379 e. The van der Waals surface area contributed by atoms with Gasteiger partial charge < -0.3 is 5.32 Å². The fourth-order valence-corrected chi connectivity index (χ4v) is 3.30. The van der Waals surface area contributed by atoms with Crippen LogP contribution in [0.1, 0.15) is 47.2 Å². The lowest BCUT2D eigenvalue weighted by Gasteiger charge is -2.19. The number of fused-ring (bicyclic) bond motifs is 1. The Balaban J connectivity index is 1.80. The first-order valence-corrected chi connectivity index (χ1v) is 7.59. The molecule has 1 atom stereocenters. The van der Waals surface area contributed by atoms with Gasteiger partial charge in [0.1, 0.15) is 0 Å². The molecule has 20 heavy (non-hydrogen) atoms. The van der Waals surface area contributed by atoms with Crippen molar-refractivity contribution in [2.24, 2.45) is 0 Å². The second-order valence-corrected chi connectivity index (χ2v) is 6.06. The molecule has 1 N–H and O–H groups in total. The van der Waals surface area contributed by atoms with Gasteiger partial charge >= 0.3 is 0 Å². The summed E-state index contributed by atoms with van der Waals surface area (Å²) in [5, 5.41) is 3.65. The van der Waals surface area contributed by atoms with Crippen LogP contribution in [-0.4, -0.2) is 0 Å². The molecule has 1 heteroatoms. The number of benzene rings is 2. The second-order valence-electron chi connectivity index (χ2n) is 6.06. The topological polar surface area (TPSA) is 12.0 Å². The van der Waals surface area contributed by atoms with E-state index >= 15 is 0 Å². The Bertz CT molecular complexity index is 628.